The van der Waals surface area contributed by atoms with Crippen molar-refractivity contribution in [3.8, 4) is 0 Å². The zero-order valence-corrected chi connectivity index (χ0v) is 13.1. The number of anilines is 1. The molecular formula is C14H19BrN2O2. The first kappa shape index (κ1) is 15.7. The second kappa shape index (κ2) is 7.28. The van der Waals surface area contributed by atoms with E-state index in [0.29, 0.717) is 5.56 Å². The molecule has 0 aliphatic heterocycles. The molecule has 1 aromatic carbocycles. The summed E-state index contributed by atoms with van der Waals surface area (Å²) in [5.74, 6) is 0.0215. The topological polar surface area (TPSA) is 40.6 Å². The Morgan fingerprint density at radius 2 is 2.05 bits per heavy atom. The van der Waals surface area contributed by atoms with Crippen LogP contribution in [0.5, 0.6) is 0 Å². The minimum atomic E-state index is 0.0215. The Hall–Kier alpha value is -1.36. The van der Waals surface area contributed by atoms with Crippen molar-refractivity contribution < 1.29 is 9.59 Å². The standard InChI is InChI=1S/C14H19BrN2O2/c1-4-7-17(9-14(19)16(2)3)13-6-5-12(15)8-11(13)10-18/h5-6,8,10H,4,7,9H2,1-3H3. The van der Waals surface area contributed by atoms with Crippen molar-refractivity contribution in [3.05, 3.63) is 28.2 Å². The second-order valence-electron chi connectivity index (χ2n) is 4.53. The van der Waals surface area contributed by atoms with Crippen LogP contribution in [0.15, 0.2) is 22.7 Å². The minimum absolute atomic E-state index is 0.0215. The van der Waals surface area contributed by atoms with Crippen molar-refractivity contribution in [1.29, 1.82) is 0 Å². The number of rotatable bonds is 6. The third kappa shape index (κ3) is 4.35. The molecule has 0 unspecified atom stereocenters. The summed E-state index contributed by atoms with van der Waals surface area (Å²) >= 11 is 3.35. The molecule has 19 heavy (non-hydrogen) atoms. The summed E-state index contributed by atoms with van der Waals surface area (Å²) in [6, 6.07) is 5.52. The number of nitrogens with zero attached hydrogens (tertiary/aromatic N) is 2. The number of aldehydes is 1. The first-order valence-electron chi connectivity index (χ1n) is 6.19. The molecule has 0 saturated carbocycles. The van der Waals surface area contributed by atoms with E-state index in [4.69, 9.17) is 0 Å². The summed E-state index contributed by atoms with van der Waals surface area (Å²) in [4.78, 5) is 26.5. The molecule has 0 bridgehead atoms. The molecule has 5 heteroatoms. The largest absolute Gasteiger partial charge is 0.362 e. The van der Waals surface area contributed by atoms with E-state index in [9.17, 15) is 9.59 Å². The smallest absolute Gasteiger partial charge is 0.241 e. The fourth-order valence-electron chi connectivity index (χ4n) is 1.77. The Morgan fingerprint density at radius 3 is 2.58 bits per heavy atom. The highest BCUT2D eigenvalue weighted by molar-refractivity contribution is 9.10. The third-order valence-electron chi connectivity index (χ3n) is 2.78. The van der Waals surface area contributed by atoms with E-state index in [2.05, 4.69) is 15.9 Å². The Kier molecular flexibility index (Phi) is 6.02. The maximum Gasteiger partial charge on any atom is 0.241 e. The van der Waals surface area contributed by atoms with Gasteiger partial charge >= 0.3 is 0 Å². The van der Waals surface area contributed by atoms with Crippen LogP contribution in [0.3, 0.4) is 0 Å². The van der Waals surface area contributed by atoms with E-state index >= 15 is 0 Å². The molecule has 0 aliphatic rings. The molecule has 1 aromatic rings. The fourth-order valence-corrected chi connectivity index (χ4v) is 2.15. The van der Waals surface area contributed by atoms with Gasteiger partial charge in [0.1, 0.15) is 0 Å². The zero-order valence-electron chi connectivity index (χ0n) is 11.5. The van der Waals surface area contributed by atoms with E-state index in [0.717, 1.165) is 29.4 Å². The van der Waals surface area contributed by atoms with Gasteiger partial charge in [0, 0.05) is 36.4 Å². The van der Waals surface area contributed by atoms with Gasteiger partial charge in [-0.25, -0.2) is 0 Å². The lowest BCUT2D eigenvalue weighted by Gasteiger charge is -2.26. The molecule has 0 heterocycles. The van der Waals surface area contributed by atoms with Crippen LogP contribution in [0.25, 0.3) is 0 Å². The van der Waals surface area contributed by atoms with Gasteiger partial charge in [-0.3, -0.25) is 9.59 Å². The molecule has 0 N–H and O–H groups in total. The van der Waals surface area contributed by atoms with Crippen molar-refractivity contribution in [2.24, 2.45) is 0 Å². The molecular weight excluding hydrogens is 308 g/mol. The highest BCUT2D eigenvalue weighted by atomic mass is 79.9. The second-order valence-corrected chi connectivity index (χ2v) is 5.45. The van der Waals surface area contributed by atoms with Crippen molar-refractivity contribution in [2.75, 3.05) is 32.1 Å². The Morgan fingerprint density at radius 1 is 1.37 bits per heavy atom. The van der Waals surface area contributed by atoms with Crippen molar-refractivity contribution >= 4 is 33.8 Å². The summed E-state index contributed by atoms with van der Waals surface area (Å²) in [5.41, 5.74) is 1.39. The number of halogens is 1. The molecule has 0 fully saturated rings. The predicted octanol–water partition coefficient (Wildman–Crippen LogP) is 2.57. The van der Waals surface area contributed by atoms with Crippen molar-refractivity contribution in [2.45, 2.75) is 13.3 Å². The Bertz CT molecular complexity index is 461. The number of likely N-dealkylation sites (N-methyl/N-ethyl adjacent to an activating group) is 1. The summed E-state index contributed by atoms with van der Waals surface area (Å²) in [5, 5.41) is 0. The predicted molar refractivity (Wildman–Crippen MR) is 80.7 cm³/mol. The van der Waals surface area contributed by atoms with Gasteiger partial charge in [-0.1, -0.05) is 22.9 Å². The maximum atomic E-state index is 11.9. The Balaban J connectivity index is 3.04. The minimum Gasteiger partial charge on any atom is -0.362 e. The van der Waals surface area contributed by atoms with Crippen LogP contribution >= 0.6 is 15.9 Å². The highest BCUT2D eigenvalue weighted by Crippen LogP contribution is 2.23. The van der Waals surface area contributed by atoms with Crippen LogP contribution in [0.1, 0.15) is 23.7 Å². The molecule has 104 valence electrons. The third-order valence-corrected chi connectivity index (χ3v) is 3.27. The number of hydrogen-bond donors (Lipinski definition) is 0. The molecule has 0 radical (unpaired) electrons. The molecule has 0 atom stereocenters. The molecule has 1 rings (SSSR count). The van der Waals surface area contributed by atoms with Crippen LogP contribution in [0.4, 0.5) is 5.69 Å². The monoisotopic (exact) mass is 326 g/mol. The van der Waals surface area contributed by atoms with E-state index in [1.165, 1.54) is 0 Å². The number of amides is 1. The van der Waals surface area contributed by atoms with Crippen LogP contribution < -0.4 is 4.90 Å². The fraction of sp³-hybridized carbons (Fsp3) is 0.429. The van der Waals surface area contributed by atoms with Crippen LogP contribution in [0.2, 0.25) is 0 Å². The number of carbonyl (C=O) groups is 2. The van der Waals surface area contributed by atoms with Gasteiger partial charge in [0.2, 0.25) is 5.91 Å². The molecule has 0 aliphatic carbocycles. The van der Waals surface area contributed by atoms with Gasteiger partial charge in [-0.15, -0.1) is 0 Å². The average molecular weight is 327 g/mol. The molecule has 0 saturated heterocycles. The first-order chi connectivity index (χ1) is 8.99. The molecule has 1 amide bonds. The van der Waals surface area contributed by atoms with E-state index in [1.807, 2.05) is 24.0 Å². The molecule has 4 nitrogen and oxygen atoms in total. The lowest BCUT2D eigenvalue weighted by atomic mass is 10.1. The molecule has 0 spiro atoms. The first-order valence-corrected chi connectivity index (χ1v) is 6.98. The van der Waals surface area contributed by atoms with Gasteiger partial charge in [0.25, 0.3) is 0 Å². The van der Waals surface area contributed by atoms with Crippen LogP contribution in [-0.2, 0) is 4.79 Å². The number of benzene rings is 1. The Labute approximate surface area is 122 Å². The summed E-state index contributed by atoms with van der Waals surface area (Å²) < 4.78 is 0.855. The quantitative estimate of drug-likeness (QED) is 0.754. The van der Waals surface area contributed by atoms with Gasteiger partial charge in [0.15, 0.2) is 6.29 Å². The van der Waals surface area contributed by atoms with Gasteiger partial charge in [-0.05, 0) is 24.6 Å². The zero-order chi connectivity index (χ0) is 14.4. The number of hydrogen-bond acceptors (Lipinski definition) is 3. The van der Waals surface area contributed by atoms with Crippen LogP contribution in [-0.4, -0.2) is 44.3 Å². The molecule has 0 aromatic heterocycles. The average Bonchev–Trinajstić information content (AvgIpc) is 2.37. The normalized spacial score (nSPS) is 10.1. The highest BCUT2D eigenvalue weighted by Gasteiger charge is 2.15. The summed E-state index contributed by atoms with van der Waals surface area (Å²) in [7, 11) is 3.46. The van der Waals surface area contributed by atoms with Gasteiger partial charge in [-0.2, -0.15) is 0 Å². The van der Waals surface area contributed by atoms with Crippen molar-refractivity contribution in [3.63, 3.8) is 0 Å². The lowest BCUT2D eigenvalue weighted by molar-refractivity contribution is -0.127. The van der Waals surface area contributed by atoms with E-state index in [1.54, 1.807) is 25.1 Å². The maximum absolute atomic E-state index is 11.9. The summed E-state index contributed by atoms with van der Waals surface area (Å²) in [6.07, 6.45) is 1.73. The van der Waals surface area contributed by atoms with Gasteiger partial charge in [0.05, 0.1) is 6.54 Å². The summed E-state index contributed by atoms with van der Waals surface area (Å²) in [6.45, 7) is 3.07. The van der Waals surface area contributed by atoms with E-state index < -0.39 is 0 Å². The number of carbonyl (C=O) groups excluding carboxylic acids is 2. The van der Waals surface area contributed by atoms with Crippen molar-refractivity contribution in [1.82, 2.24) is 4.90 Å². The SMILES string of the molecule is CCCN(CC(=O)N(C)C)c1ccc(Br)cc1C=O. The lowest BCUT2D eigenvalue weighted by Crippen LogP contribution is -2.37. The van der Waals surface area contributed by atoms with Crippen LogP contribution in [0, 0.1) is 0 Å². The van der Waals surface area contributed by atoms with E-state index in [-0.39, 0.29) is 12.5 Å². The van der Waals surface area contributed by atoms with Gasteiger partial charge < -0.3 is 9.80 Å².